The fourth-order valence-electron chi connectivity index (χ4n) is 1.86. The summed E-state index contributed by atoms with van der Waals surface area (Å²) in [5.74, 6) is -2.16. The lowest BCUT2D eigenvalue weighted by Crippen LogP contribution is -2.15. The van der Waals surface area contributed by atoms with Gasteiger partial charge < -0.3 is 5.32 Å². The van der Waals surface area contributed by atoms with Crippen LogP contribution in [0.1, 0.15) is 35.7 Å². The van der Waals surface area contributed by atoms with Crippen LogP contribution in [-0.4, -0.2) is 5.91 Å². The molecule has 0 aromatic heterocycles. The van der Waals surface area contributed by atoms with Crippen molar-refractivity contribution >= 4 is 11.6 Å². The van der Waals surface area contributed by atoms with Crippen molar-refractivity contribution in [3.8, 4) is 0 Å². The molecule has 0 aliphatic rings. The topological polar surface area (TPSA) is 29.1 Å². The molecular weight excluding hydrogens is 260 g/mol. The van der Waals surface area contributed by atoms with Crippen molar-refractivity contribution < 1.29 is 13.6 Å². The van der Waals surface area contributed by atoms with Crippen molar-refractivity contribution in [1.29, 1.82) is 0 Å². The summed E-state index contributed by atoms with van der Waals surface area (Å²) < 4.78 is 26.9. The summed E-state index contributed by atoms with van der Waals surface area (Å²) in [6, 6.07) is 10.5. The minimum Gasteiger partial charge on any atom is -0.322 e. The highest BCUT2D eigenvalue weighted by atomic mass is 19.1. The first-order valence-corrected chi connectivity index (χ1v) is 6.34. The highest BCUT2D eigenvalue weighted by molar-refractivity contribution is 6.04. The van der Waals surface area contributed by atoms with Crippen LogP contribution in [0.25, 0.3) is 0 Å². The quantitative estimate of drug-likeness (QED) is 0.887. The van der Waals surface area contributed by atoms with Gasteiger partial charge in [-0.1, -0.05) is 32.0 Å². The van der Waals surface area contributed by atoms with E-state index in [1.165, 1.54) is 6.07 Å². The molecule has 0 saturated heterocycles. The second-order valence-electron chi connectivity index (χ2n) is 4.83. The Balaban J connectivity index is 2.19. The lowest BCUT2D eigenvalue weighted by molar-refractivity contribution is 0.101. The number of carbonyl (C=O) groups excluding carboxylic acids is 1. The zero-order valence-electron chi connectivity index (χ0n) is 11.3. The highest BCUT2D eigenvalue weighted by Crippen LogP contribution is 2.19. The van der Waals surface area contributed by atoms with Crippen molar-refractivity contribution in [1.82, 2.24) is 0 Å². The number of hydrogen-bond acceptors (Lipinski definition) is 1. The Kier molecular flexibility index (Phi) is 4.13. The van der Waals surface area contributed by atoms with E-state index in [-0.39, 0.29) is 0 Å². The monoisotopic (exact) mass is 275 g/mol. The van der Waals surface area contributed by atoms with Crippen molar-refractivity contribution in [3.05, 3.63) is 65.2 Å². The van der Waals surface area contributed by atoms with Crippen LogP contribution in [0.15, 0.2) is 42.5 Å². The number of anilines is 1. The molecule has 0 atom stereocenters. The first kappa shape index (κ1) is 14.2. The molecule has 2 aromatic carbocycles. The van der Waals surface area contributed by atoms with Gasteiger partial charge in [0.2, 0.25) is 0 Å². The number of hydrogen-bond donors (Lipinski definition) is 1. The number of nitrogens with one attached hydrogen (secondary N) is 1. The van der Waals surface area contributed by atoms with Gasteiger partial charge in [-0.3, -0.25) is 4.79 Å². The third-order valence-electron chi connectivity index (χ3n) is 3.03. The second kappa shape index (κ2) is 5.82. The highest BCUT2D eigenvalue weighted by Gasteiger charge is 2.16. The van der Waals surface area contributed by atoms with Gasteiger partial charge in [-0.05, 0) is 35.7 Å². The van der Waals surface area contributed by atoms with Gasteiger partial charge in [0.05, 0.1) is 0 Å². The van der Waals surface area contributed by atoms with Crippen LogP contribution in [0.5, 0.6) is 0 Å². The van der Waals surface area contributed by atoms with E-state index in [2.05, 4.69) is 19.2 Å². The Morgan fingerprint density at radius 1 is 1.00 bits per heavy atom. The van der Waals surface area contributed by atoms with Gasteiger partial charge in [-0.25, -0.2) is 8.78 Å². The molecule has 0 radical (unpaired) electrons. The van der Waals surface area contributed by atoms with Gasteiger partial charge >= 0.3 is 0 Å². The molecule has 104 valence electrons. The van der Waals surface area contributed by atoms with E-state index < -0.39 is 23.1 Å². The molecule has 0 heterocycles. The normalized spacial score (nSPS) is 10.7. The summed E-state index contributed by atoms with van der Waals surface area (Å²) in [6.45, 7) is 4.12. The van der Waals surface area contributed by atoms with E-state index in [1.807, 2.05) is 12.1 Å². The smallest absolute Gasteiger partial charge is 0.261 e. The predicted molar refractivity (Wildman–Crippen MR) is 74.8 cm³/mol. The van der Waals surface area contributed by atoms with Crippen molar-refractivity contribution in [3.63, 3.8) is 0 Å². The lowest BCUT2D eigenvalue weighted by atomic mass is 10.0. The van der Waals surface area contributed by atoms with Crippen LogP contribution in [0.2, 0.25) is 0 Å². The summed E-state index contributed by atoms with van der Waals surface area (Å²) in [7, 11) is 0. The van der Waals surface area contributed by atoms with Gasteiger partial charge in [0.15, 0.2) is 0 Å². The number of benzene rings is 2. The molecule has 0 spiro atoms. The molecule has 0 aliphatic heterocycles. The maximum absolute atomic E-state index is 13.5. The van der Waals surface area contributed by atoms with Crippen molar-refractivity contribution in [2.24, 2.45) is 0 Å². The Bertz CT molecular complexity index is 601. The molecule has 2 nitrogen and oxygen atoms in total. The minimum absolute atomic E-state index is 0.378. The third kappa shape index (κ3) is 3.02. The van der Waals surface area contributed by atoms with Gasteiger partial charge in [0, 0.05) is 5.69 Å². The van der Waals surface area contributed by atoms with Gasteiger partial charge in [0.25, 0.3) is 5.91 Å². The van der Waals surface area contributed by atoms with Gasteiger partial charge in [-0.15, -0.1) is 0 Å². The maximum Gasteiger partial charge on any atom is 0.261 e. The minimum atomic E-state index is -0.874. The number of halogens is 2. The van der Waals surface area contributed by atoms with Crippen LogP contribution in [0.4, 0.5) is 14.5 Å². The van der Waals surface area contributed by atoms with E-state index in [0.29, 0.717) is 11.6 Å². The summed E-state index contributed by atoms with van der Waals surface area (Å²) >= 11 is 0. The molecule has 1 N–H and O–H groups in total. The molecule has 0 unspecified atom stereocenters. The largest absolute Gasteiger partial charge is 0.322 e. The molecule has 0 fully saturated rings. The van der Waals surface area contributed by atoms with Crippen molar-refractivity contribution in [2.45, 2.75) is 19.8 Å². The Morgan fingerprint density at radius 3 is 2.05 bits per heavy atom. The second-order valence-corrected chi connectivity index (χ2v) is 4.83. The molecule has 2 aromatic rings. The summed E-state index contributed by atoms with van der Waals surface area (Å²) in [6.07, 6.45) is 0. The molecule has 0 aliphatic carbocycles. The molecule has 4 heteroatoms. The van der Waals surface area contributed by atoms with E-state index in [4.69, 9.17) is 0 Å². The Labute approximate surface area is 116 Å². The molecule has 2 rings (SSSR count). The van der Waals surface area contributed by atoms with Crippen LogP contribution in [0.3, 0.4) is 0 Å². The number of amides is 1. The standard InChI is InChI=1S/C16H15F2NO/c1-10(2)11-6-8-12(9-7-11)19-16(20)15-13(17)4-3-5-14(15)18/h3-10H,1-2H3,(H,19,20). The SMILES string of the molecule is CC(C)c1ccc(NC(=O)c2c(F)cccc2F)cc1. The van der Waals surface area contributed by atoms with Crippen LogP contribution in [-0.2, 0) is 0 Å². The van der Waals surface area contributed by atoms with Crippen LogP contribution >= 0.6 is 0 Å². The first-order valence-electron chi connectivity index (χ1n) is 6.34. The maximum atomic E-state index is 13.5. The van der Waals surface area contributed by atoms with Crippen LogP contribution in [0, 0.1) is 11.6 Å². The van der Waals surface area contributed by atoms with E-state index in [0.717, 1.165) is 17.7 Å². The van der Waals surface area contributed by atoms with Crippen LogP contribution < -0.4 is 5.32 Å². The van der Waals surface area contributed by atoms with E-state index >= 15 is 0 Å². The van der Waals surface area contributed by atoms with Gasteiger partial charge in [0.1, 0.15) is 17.2 Å². The average Bonchev–Trinajstić information content (AvgIpc) is 2.39. The van der Waals surface area contributed by atoms with Gasteiger partial charge in [-0.2, -0.15) is 0 Å². The predicted octanol–water partition coefficient (Wildman–Crippen LogP) is 4.34. The average molecular weight is 275 g/mol. The number of rotatable bonds is 3. The summed E-state index contributed by atoms with van der Waals surface area (Å²) in [4.78, 5) is 11.9. The molecule has 0 bridgehead atoms. The van der Waals surface area contributed by atoms with E-state index in [1.54, 1.807) is 12.1 Å². The molecule has 0 saturated carbocycles. The molecule has 20 heavy (non-hydrogen) atoms. The zero-order chi connectivity index (χ0) is 14.7. The Hall–Kier alpha value is -2.23. The fraction of sp³-hybridized carbons (Fsp3) is 0.188. The fourth-order valence-corrected chi connectivity index (χ4v) is 1.86. The number of carbonyl (C=O) groups is 1. The van der Waals surface area contributed by atoms with E-state index in [9.17, 15) is 13.6 Å². The molecule has 1 amide bonds. The molecular formula is C16H15F2NO. The zero-order valence-corrected chi connectivity index (χ0v) is 11.3. The Morgan fingerprint density at radius 2 is 1.55 bits per heavy atom. The third-order valence-corrected chi connectivity index (χ3v) is 3.03. The summed E-state index contributed by atoms with van der Waals surface area (Å²) in [5.41, 5.74) is 1.06. The summed E-state index contributed by atoms with van der Waals surface area (Å²) in [5, 5.41) is 2.49. The first-order chi connectivity index (χ1) is 9.49. The van der Waals surface area contributed by atoms with Crippen molar-refractivity contribution in [2.75, 3.05) is 5.32 Å². The lowest BCUT2D eigenvalue weighted by Gasteiger charge is -2.09.